The number of hydrogen-bond acceptors (Lipinski definition) is 3. The van der Waals surface area contributed by atoms with E-state index in [2.05, 4.69) is 4.72 Å². The fourth-order valence-corrected chi connectivity index (χ4v) is 3.39. The second-order valence-electron chi connectivity index (χ2n) is 6.81. The van der Waals surface area contributed by atoms with Crippen LogP contribution in [0.3, 0.4) is 0 Å². The van der Waals surface area contributed by atoms with Gasteiger partial charge in [-0.2, -0.15) is 0 Å². The molecule has 1 saturated carbocycles. The predicted octanol–water partition coefficient (Wildman–Crippen LogP) is 3.19. The molecule has 2 atom stereocenters. The molecule has 1 N–H and O–H groups in total. The number of nitrogens with one attached hydrogen (secondary N) is 1. The maximum Gasteiger partial charge on any atom is 0.307 e. The minimum Gasteiger partial charge on any atom is -0.466 e. The minimum atomic E-state index is -2.62. The van der Waals surface area contributed by atoms with Crippen LogP contribution in [0.4, 0.5) is 8.78 Å². The fourth-order valence-electron chi connectivity index (χ4n) is 2.48. The molecule has 22 heavy (non-hydrogen) atoms. The summed E-state index contributed by atoms with van der Waals surface area (Å²) in [5, 5.41) is 0. The molecule has 130 valence electrons. The standard InChI is InChI=1S/C15H27F2NO3S/c1-5-21-13(19)10-12(18-22(20)14(2,3)4)11-6-8-15(16,17)9-7-11/h11-12,18H,5-10H2,1-4H3/t12-,22+/m1/s1. The lowest BCUT2D eigenvalue weighted by Crippen LogP contribution is -2.46. The first-order valence-corrected chi connectivity index (χ1v) is 8.91. The highest BCUT2D eigenvalue weighted by Gasteiger charge is 2.39. The number of halogens is 2. The molecular weight excluding hydrogens is 312 g/mol. The molecule has 4 nitrogen and oxygen atoms in total. The van der Waals surface area contributed by atoms with Gasteiger partial charge in [-0.1, -0.05) is 0 Å². The fraction of sp³-hybridized carbons (Fsp3) is 0.933. The molecule has 0 amide bonds. The van der Waals surface area contributed by atoms with E-state index in [0.29, 0.717) is 12.8 Å². The van der Waals surface area contributed by atoms with Crippen molar-refractivity contribution >= 4 is 17.0 Å². The summed E-state index contributed by atoms with van der Waals surface area (Å²) in [6, 6.07) is -0.393. The topological polar surface area (TPSA) is 55.4 Å². The molecule has 0 radical (unpaired) electrons. The largest absolute Gasteiger partial charge is 0.466 e. The number of rotatable bonds is 6. The molecule has 0 spiro atoms. The molecule has 1 aliphatic rings. The number of carbonyl (C=O) groups is 1. The monoisotopic (exact) mass is 339 g/mol. The third kappa shape index (κ3) is 6.28. The molecule has 1 aliphatic carbocycles. The summed E-state index contributed by atoms with van der Waals surface area (Å²) in [5.41, 5.74) is 0. The van der Waals surface area contributed by atoms with Crippen LogP contribution in [0.15, 0.2) is 0 Å². The maximum atomic E-state index is 13.3. The van der Waals surface area contributed by atoms with Crippen LogP contribution in [0.1, 0.15) is 59.8 Å². The number of esters is 1. The van der Waals surface area contributed by atoms with Crippen LogP contribution in [-0.2, 0) is 20.5 Å². The van der Waals surface area contributed by atoms with Crippen LogP contribution in [-0.4, -0.2) is 33.5 Å². The molecule has 0 saturated heterocycles. The van der Waals surface area contributed by atoms with Gasteiger partial charge in [-0.3, -0.25) is 4.79 Å². The van der Waals surface area contributed by atoms with E-state index in [4.69, 9.17) is 4.74 Å². The summed E-state index contributed by atoms with van der Waals surface area (Å²) >= 11 is 0. The van der Waals surface area contributed by atoms with Gasteiger partial charge in [0.2, 0.25) is 5.92 Å². The summed E-state index contributed by atoms with van der Waals surface area (Å²) in [6.45, 7) is 7.47. The molecule has 1 rings (SSSR count). The smallest absolute Gasteiger partial charge is 0.307 e. The predicted molar refractivity (Wildman–Crippen MR) is 83.0 cm³/mol. The Bertz CT molecular complexity index is 400. The zero-order valence-corrected chi connectivity index (χ0v) is 14.6. The summed E-state index contributed by atoms with van der Waals surface area (Å²) in [6.07, 6.45) is 0.352. The van der Waals surface area contributed by atoms with Crippen LogP contribution in [0.2, 0.25) is 0 Å². The van der Waals surface area contributed by atoms with Gasteiger partial charge in [0, 0.05) is 18.9 Å². The Morgan fingerprint density at radius 1 is 1.36 bits per heavy atom. The van der Waals surface area contributed by atoms with E-state index in [-0.39, 0.29) is 37.8 Å². The van der Waals surface area contributed by atoms with Gasteiger partial charge in [-0.25, -0.2) is 17.7 Å². The van der Waals surface area contributed by atoms with Gasteiger partial charge in [0.25, 0.3) is 0 Å². The summed E-state index contributed by atoms with van der Waals surface area (Å²) < 4.78 is 46.3. The molecular formula is C15H27F2NO3S. The highest BCUT2D eigenvalue weighted by molar-refractivity contribution is 7.84. The van der Waals surface area contributed by atoms with Crippen LogP contribution in [0.5, 0.6) is 0 Å². The molecule has 0 aromatic heterocycles. The Kier molecular flexibility index (Phi) is 6.92. The van der Waals surface area contributed by atoms with Crippen molar-refractivity contribution in [1.29, 1.82) is 0 Å². The third-order valence-corrected chi connectivity index (χ3v) is 5.47. The Hall–Kier alpha value is -0.560. The van der Waals surface area contributed by atoms with Crippen LogP contribution in [0, 0.1) is 5.92 Å². The summed E-state index contributed by atoms with van der Waals surface area (Å²) in [5.74, 6) is -3.09. The van der Waals surface area contributed by atoms with E-state index in [9.17, 15) is 17.8 Å². The number of carbonyl (C=O) groups excluding carboxylic acids is 1. The van der Waals surface area contributed by atoms with Gasteiger partial charge in [-0.15, -0.1) is 0 Å². The van der Waals surface area contributed by atoms with E-state index < -0.39 is 27.7 Å². The van der Waals surface area contributed by atoms with Gasteiger partial charge in [0.15, 0.2) is 0 Å². The number of hydrogen-bond donors (Lipinski definition) is 1. The Morgan fingerprint density at radius 3 is 2.36 bits per heavy atom. The van der Waals surface area contributed by atoms with Gasteiger partial charge < -0.3 is 4.74 Å². The van der Waals surface area contributed by atoms with Crippen molar-refractivity contribution in [2.45, 2.75) is 76.5 Å². The average molecular weight is 339 g/mol. The van der Waals surface area contributed by atoms with Gasteiger partial charge in [-0.05, 0) is 46.5 Å². The molecule has 0 bridgehead atoms. The second-order valence-corrected chi connectivity index (χ2v) is 8.81. The van der Waals surface area contributed by atoms with E-state index in [1.165, 1.54) is 0 Å². The minimum absolute atomic E-state index is 0.0614. The van der Waals surface area contributed by atoms with E-state index >= 15 is 0 Å². The van der Waals surface area contributed by atoms with Gasteiger partial charge in [0.1, 0.15) is 0 Å². The van der Waals surface area contributed by atoms with Crippen molar-refractivity contribution in [3.05, 3.63) is 0 Å². The molecule has 0 aromatic carbocycles. The van der Waals surface area contributed by atoms with E-state index in [0.717, 1.165) is 0 Å². The van der Waals surface area contributed by atoms with Crippen LogP contribution in [0.25, 0.3) is 0 Å². The Morgan fingerprint density at radius 2 is 1.91 bits per heavy atom. The normalized spacial score (nSPS) is 22.1. The Labute approximate surface area is 134 Å². The van der Waals surface area contributed by atoms with Crippen molar-refractivity contribution < 1.29 is 22.5 Å². The molecule has 0 heterocycles. The van der Waals surface area contributed by atoms with Crippen LogP contribution < -0.4 is 4.72 Å². The molecule has 0 aliphatic heterocycles. The average Bonchev–Trinajstić information content (AvgIpc) is 2.37. The SMILES string of the molecule is CCOC(=O)C[C@@H](N[S@@](=O)C(C)(C)C)C1CCC(F)(F)CC1. The molecule has 0 unspecified atom stereocenters. The lowest BCUT2D eigenvalue weighted by Gasteiger charge is -2.34. The second kappa shape index (κ2) is 7.81. The van der Waals surface area contributed by atoms with Crippen molar-refractivity contribution in [2.75, 3.05) is 6.61 Å². The molecule has 0 aromatic rings. The first-order chi connectivity index (χ1) is 10.0. The number of alkyl halides is 2. The highest BCUT2D eigenvalue weighted by atomic mass is 32.2. The van der Waals surface area contributed by atoms with Crippen molar-refractivity contribution in [3.63, 3.8) is 0 Å². The molecule has 7 heteroatoms. The zero-order chi connectivity index (χ0) is 17.0. The quantitative estimate of drug-likeness (QED) is 0.756. The lowest BCUT2D eigenvalue weighted by atomic mass is 9.81. The summed E-state index contributed by atoms with van der Waals surface area (Å²) in [4.78, 5) is 11.7. The van der Waals surface area contributed by atoms with Crippen LogP contribution >= 0.6 is 0 Å². The first kappa shape index (κ1) is 19.5. The number of ether oxygens (including phenoxy) is 1. The van der Waals surface area contributed by atoms with Crippen molar-refractivity contribution in [3.8, 4) is 0 Å². The highest BCUT2D eigenvalue weighted by Crippen LogP contribution is 2.38. The van der Waals surface area contributed by atoms with Crippen molar-refractivity contribution in [2.24, 2.45) is 5.92 Å². The first-order valence-electron chi connectivity index (χ1n) is 7.76. The maximum absolute atomic E-state index is 13.3. The molecule has 1 fully saturated rings. The van der Waals surface area contributed by atoms with Gasteiger partial charge >= 0.3 is 5.97 Å². The lowest BCUT2D eigenvalue weighted by molar-refractivity contribution is -0.144. The Balaban J connectivity index is 2.74. The van der Waals surface area contributed by atoms with Crippen molar-refractivity contribution in [1.82, 2.24) is 4.72 Å². The van der Waals surface area contributed by atoms with Gasteiger partial charge in [0.05, 0.1) is 28.8 Å². The summed E-state index contributed by atoms with van der Waals surface area (Å²) in [7, 11) is -1.35. The zero-order valence-electron chi connectivity index (χ0n) is 13.8. The van der Waals surface area contributed by atoms with E-state index in [1.807, 2.05) is 20.8 Å². The van der Waals surface area contributed by atoms with E-state index in [1.54, 1.807) is 6.92 Å². The third-order valence-electron chi connectivity index (χ3n) is 3.84.